The third kappa shape index (κ3) is 5.00. The molecular weight excluding hydrogens is 665 g/mol. The number of rotatable bonds is 3. The van der Waals surface area contributed by atoms with Gasteiger partial charge in [0.25, 0.3) is 0 Å². The normalized spacial score (nSPS) is 14.0. The highest BCUT2D eigenvalue weighted by atomic mass is 15.0. The fraction of sp³-hybridized carbons (Fsp3) is 0.208. The maximum atomic E-state index is 2.54. The molecule has 2 heteroatoms. The van der Waals surface area contributed by atoms with Crippen LogP contribution in [0.3, 0.4) is 0 Å². The third-order valence-electron chi connectivity index (χ3n) is 12.4. The number of para-hydroxylation sites is 3. The van der Waals surface area contributed by atoms with E-state index in [-0.39, 0.29) is 16.2 Å². The average molecular weight is 713 g/mol. The van der Waals surface area contributed by atoms with E-state index in [0.717, 1.165) is 0 Å². The van der Waals surface area contributed by atoms with E-state index < -0.39 is 0 Å². The van der Waals surface area contributed by atoms with Gasteiger partial charge >= 0.3 is 0 Å². The molecule has 0 unspecified atom stereocenters. The van der Waals surface area contributed by atoms with Crippen molar-refractivity contribution in [3.05, 3.63) is 168 Å². The van der Waals surface area contributed by atoms with Gasteiger partial charge in [0.2, 0.25) is 0 Å². The summed E-state index contributed by atoms with van der Waals surface area (Å²) < 4.78 is 4.93. The molecule has 9 aromatic rings. The zero-order valence-electron chi connectivity index (χ0n) is 33.3. The van der Waals surface area contributed by atoms with Crippen molar-refractivity contribution in [3.8, 4) is 33.6 Å². The van der Waals surface area contributed by atoms with Crippen LogP contribution in [0.15, 0.2) is 146 Å². The molecular formula is C53H48N2. The van der Waals surface area contributed by atoms with Gasteiger partial charge in [-0.2, -0.15) is 0 Å². The molecule has 2 aromatic heterocycles. The summed E-state index contributed by atoms with van der Waals surface area (Å²) >= 11 is 0. The second-order valence-electron chi connectivity index (χ2n) is 18.3. The van der Waals surface area contributed by atoms with Crippen LogP contribution in [0.25, 0.3) is 77.2 Å². The van der Waals surface area contributed by atoms with Crippen LogP contribution in [0, 0.1) is 0 Å². The monoisotopic (exact) mass is 712 g/mol. The lowest BCUT2D eigenvalue weighted by atomic mass is 9.77. The molecule has 0 fully saturated rings. The molecule has 10 rings (SSSR count). The van der Waals surface area contributed by atoms with Crippen molar-refractivity contribution in [1.82, 2.24) is 9.13 Å². The van der Waals surface area contributed by atoms with Crippen LogP contribution in [0.1, 0.15) is 77.6 Å². The van der Waals surface area contributed by atoms with Crippen molar-refractivity contribution >= 4 is 43.6 Å². The summed E-state index contributed by atoms with van der Waals surface area (Å²) in [4.78, 5) is 0. The first kappa shape index (κ1) is 33.7. The molecule has 0 radical (unpaired) electrons. The largest absolute Gasteiger partial charge is 0.309 e. The van der Waals surface area contributed by atoms with Crippen molar-refractivity contribution in [1.29, 1.82) is 0 Å². The Morgan fingerprint density at radius 3 is 1.55 bits per heavy atom. The standard InChI is InChI=1S/C53H48N2/c1-51(2,3)35-24-25-37-40-31-50(45(52(4,5)6)32-44(40)53(7,8)43(37)30-35)55-47-21-15-13-19-39(47)42-29-34(23-27-49(42)55)33-22-26-48-41(28-33)38-18-12-14-20-46(38)54(48)36-16-10-9-11-17-36/h9-32H,1-8H3. The van der Waals surface area contributed by atoms with E-state index in [0.29, 0.717) is 0 Å². The highest BCUT2D eigenvalue weighted by Crippen LogP contribution is 2.52. The molecule has 0 saturated heterocycles. The fourth-order valence-electron chi connectivity index (χ4n) is 9.44. The van der Waals surface area contributed by atoms with Gasteiger partial charge in [-0.25, -0.2) is 0 Å². The van der Waals surface area contributed by atoms with Gasteiger partial charge in [-0.15, -0.1) is 0 Å². The molecule has 55 heavy (non-hydrogen) atoms. The van der Waals surface area contributed by atoms with E-state index in [4.69, 9.17) is 0 Å². The van der Waals surface area contributed by atoms with Gasteiger partial charge in [0.1, 0.15) is 0 Å². The molecule has 0 bridgehead atoms. The van der Waals surface area contributed by atoms with Gasteiger partial charge in [0, 0.05) is 32.6 Å². The summed E-state index contributed by atoms with van der Waals surface area (Å²) in [5.41, 5.74) is 18.1. The highest BCUT2D eigenvalue weighted by molar-refractivity contribution is 6.13. The summed E-state index contributed by atoms with van der Waals surface area (Å²) in [6, 6.07) is 54.8. The lowest BCUT2D eigenvalue weighted by molar-refractivity contribution is 0.579. The lowest BCUT2D eigenvalue weighted by Crippen LogP contribution is -2.20. The fourth-order valence-corrected chi connectivity index (χ4v) is 9.44. The van der Waals surface area contributed by atoms with Crippen LogP contribution in [0.4, 0.5) is 0 Å². The number of hydrogen-bond donors (Lipinski definition) is 0. The molecule has 0 saturated carbocycles. The molecule has 0 spiro atoms. The average Bonchev–Trinajstić information content (AvgIpc) is 3.76. The molecule has 0 aliphatic heterocycles. The quantitative estimate of drug-likeness (QED) is 0.173. The van der Waals surface area contributed by atoms with Crippen LogP contribution in [0.5, 0.6) is 0 Å². The van der Waals surface area contributed by atoms with E-state index in [1.54, 1.807) is 0 Å². The lowest BCUT2D eigenvalue weighted by Gasteiger charge is -2.29. The summed E-state index contributed by atoms with van der Waals surface area (Å²) in [7, 11) is 0. The van der Waals surface area contributed by atoms with Crippen molar-refractivity contribution < 1.29 is 0 Å². The van der Waals surface area contributed by atoms with Crippen LogP contribution >= 0.6 is 0 Å². The minimum atomic E-state index is -0.0886. The second kappa shape index (κ2) is 11.6. The molecule has 7 aromatic carbocycles. The van der Waals surface area contributed by atoms with Gasteiger partial charge in [-0.1, -0.05) is 146 Å². The zero-order valence-corrected chi connectivity index (χ0v) is 33.3. The van der Waals surface area contributed by atoms with E-state index in [9.17, 15) is 0 Å². The molecule has 270 valence electrons. The topological polar surface area (TPSA) is 9.86 Å². The van der Waals surface area contributed by atoms with E-state index in [1.807, 2.05) is 0 Å². The van der Waals surface area contributed by atoms with Crippen molar-refractivity contribution in [2.24, 2.45) is 0 Å². The van der Waals surface area contributed by atoms with Crippen molar-refractivity contribution in [3.63, 3.8) is 0 Å². The number of hydrogen-bond acceptors (Lipinski definition) is 0. The number of aromatic nitrogens is 2. The maximum Gasteiger partial charge on any atom is 0.0541 e. The van der Waals surface area contributed by atoms with E-state index in [1.165, 1.54) is 99.5 Å². The first-order chi connectivity index (χ1) is 26.3. The van der Waals surface area contributed by atoms with Crippen LogP contribution in [-0.2, 0) is 16.2 Å². The van der Waals surface area contributed by atoms with E-state index in [2.05, 4.69) is 210 Å². The summed E-state index contributed by atoms with van der Waals surface area (Å²) in [5, 5.41) is 5.09. The number of nitrogens with zero attached hydrogens (tertiary/aromatic N) is 2. The summed E-state index contributed by atoms with van der Waals surface area (Å²) in [6.07, 6.45) is 0. The second-order valence-corrected chi connectivity index (χ2v) is 18.3. The Kier molecular flexibility index (Phi) is 7.09. The van der Waals surface area contributed by atoms with Crippen LogP contribution in [-0.4, -0.2) is 9.13 Å². The molecule has 1 aliphatic rings. The molecule has 2 nitrogen and oxygen atoms in total. The molecule has 2 heterocycles. The Balaban J connectivity index is 1.18. The van der Waals surface area contributed by atoms with Gasteiger partial charge in [-0.05, 0) is 110 Å². The van der Waals surface area contributed by atoms with Gasteiger partial charge in [0.15, 0.2) is 0 Å². The first-order valence-corrected chi connectivity index (χ1v) is 19.8. The van der Waals surface area contributed by atoms with Crippen molar-refractivity contribution in [2.75, 3.05) is 0 Å². The first-order valence-electron chi connectivity index (χ1n) is 19.8. The number of fused-ring (bicyclic) bond motifs is 9. The number of benzene rings is 7. The molecule has 1 aliphatic carbocycles. The highest BCUT2D eigenvalue weighted by Gasteiger charge is 2.38. The predicted molar refractivity (Wildman–Crippen MR) is 236 cm³/mol. The predicted octanol–water partition coefficient (Wildman–Crippen LogP) is 14.4. The smallest absolute Gasteiger partial charge is 0.0541 e. The van der Waals surface area contributed by atoms with Crippen molar-refractivity contribution in [2.45, 2.75) is 71.6 Å². The Morgan fingerprint density at radius 1 is 0.418 bits per heavy atom. The molecule has 0 amide bonds. The van der Waals surface area contributed by atoms with E-state index >= 15 is 0 Å². The summed E-state index contributed by atoms with van der Waals surface area (Å²) in [5.74, 6) is 0. The Hall–Kier alpha value is -5.86. The zero-order chi connectivity index (χ0) is 38.0. The SMILES string of the molecule is CC(C)(C)c1ccc2c(c1)C(C)(C)c1cc(C(C)(C)C)c(-n3c4ccccc4c4cc(-c5ccc6c(c5)c5ccccc5n6-c5ccccc5)ccc43)cc1-2. The van der Waals surface area contributed by atoms with Crippen LogP contribution < -0.4 is 0 Å². The molecule has 0 atom stereocenters. The van der Waals surface area contributed by atoms with Gasteiger partial charge in [-0.3, -0.25) is 0 Å². The summed E-state index contributed by atoms with van der Waals surface area (Å²) in [6.45, 7) is 18.9. The molecule has 0 N–H and O–H groups in total. The Bertz CT molecular complexity index is 3010. The van der Waals surface area contributed by atoms with Gasteiger partial charge < -0.3 is 9.13 Å². The van der Waals surface area contributed by atoms with Crippen LogP contribution in [0.2, 0.25) is 0 Å². The minimum Gasteiger partial charge on any atom is -0.309 e. The maximum absolute atomic E-state index is 2.54. The Labute approximate surface area is 324 Å². The Morgan fingerprint density at radius 2 is 0.945 bits per heavy atom. The minimum absolute atomic E-state index is 0.0717. The van der Waals surface area contributed by atoms with Gasteiger partial charge in [0.05, 0.1) is 27.8 Å². The third-order valence-corrected chi connectivity index (χ3v) is 12.4.